The minimum absolute atomic E-state index is 0.121. The highest BCUT2D eigenvalue weighted by atomic mass is 32.2. The molecule has 3 aromatic carbocycles. The zero-order chi connectivity index (χ0) is 19.9. The summed E-state index contributed by atoms with van der Waals surface area (Å²) in [7, 11) is 1.44. The molecule has 142 valence electrons. The fraction of sp³-hybridized carbons (Fsp3) is 0.0952. The fourth-order valence-electron chi connectivity index (χ4n) is 2.54. The second-order valence-electron chi connectivity index (χ2n) is 5.89. The van der Waals surface area contributed by atoms with Crippen LogP contribution >= 0.6 is 11.8 Å². The Morgan fingerprint density at radius 2 is 1.79 bits per heavy atom. The Kier molecular flexibility index (Phi) is 6.29. The van der Waals surface area contributed by atoms with E-state index in [1.54, 1.807) is 23.9 Å². The normalized spacial score (nSPS) is 10.3. The highest BCUT2D eigenvalue weighted by Crippen LogP contribution is 2.29. The van der Waals surface area contributed by atoms with Gasteiger partial charge in [0.2, 0.25) is 0 Å². The van der Waals surface area contributed by atoms with Gasteiger partial charge in [-0.05, 0) is 35.9 Å². The molecule has 0 saturated heterocycles. The number of nitrogens with one attached hydrogen (secondary N) is 1. The third-order valence-corrected chi connectivity index (χ3v) is 5.09. The number of hydrogen-bond acceptors (Lipinski definition) is 5. The molecule has 6 nitrogen and oxygen atoms in total. The van der Waals surface area contributed by atoms with Crippen molar-refractivity contribution in [2.45, 2.75) is 10.6 Å². The Balaban J connectivity index is 1.68. The first-order chi connectivity index (χ1) is 13.6. The highest BCUT2D eigenvalue weighted by Gasteiger charge is 2.14. The SMILES string of the molecule is COc1ccc([N+](=O)[O-])cc1NC(=O)c1ccc(CSc2ccccc2)cc1. The zero-order valence-electron chi connectivity index (χ0n) is 15.1. The summed E-state index contributed by atoms with van der Waals surface area (Å²) in [4.78, 5) is 24.1. The Bertz CT molecular complexity index is 975. The summed E-state index contributed by atoms with van der Waals surface area (Å²) >= 11 is 1.72. The van der Waals surface area contributed by atoms with E-state index in [1.807, 2.05) is 30.3 Å². The molecule has 7 heteroatoms. The van der Waals surface area contributed by atoms with Gasteiger partial charge in [0.05, 0.1) is 17.7 Å². The van der Waals surface area contributed by atoms with Crippen molar-refractivity contribution in [3.8, 4) is 5.75 Å². The van der Waals surface area contributed by atoms with Crippen molar-refractivity contribution in [1.82, 2.24) is 0 Å². The number of non-ortho nitro benzene ring substituents is 1. The van der Waals surface area contributed by atoms with Gasteiger partial charge >= 0.3 is 0 Å². The molecular weight excluding hydrogens is 376 g/mol. The van der Waals surface area contributed by atoms with E-state index in [0.29, 0.717) is 11.3 Å². The Labute approximate surface area is 166 Å². The topological polar surface area (TPSA) is 81.5 Å². The maximum absolute atomic E-state index is 12.5. The van der Waals surface area contributed by atoms with E-state index in [4.69, 9.17) is 4.74 Å². The van der Waals surface area contributed by atoms with Crippen molar-refractivity contribution in [3.05, 3.63) is 94.0 Å². The number of hydrogen-bond donors (Lipinski definition) is 1. The zero-order valence-corrected chi connectivity index (χ0v) is 15.9. The van der Waals surface area contributed by atoms with Crippen LogP contribution in [0, 0.1) is 10.1 Å². The average molecular weight is 394 g/mol. The number of anilines is 1. The fourth-order valence-corrected chi connectivity index (χ4v) is 3.41. The van der Waals surface area contributed by atoms with Crippen LogP contribution < -0.4 is 10.1 Å². The maximum Gasteiger partial charge on any atom is 0.271 e. The lowest BCUT2D eigenvalue weighted by Crippen LogP contribution is -2.12. The molecular formula is C21H18N2O4S. The molecule has 0 saturated carbocycles. The molecule has 0 fully saturated rings. The van der Waals surface area contributed by atoms with Crippen LogP contribution in [0.1, 0.15) is 15.9 Å². The molecule has 0 radical (unpaired) electrons. The van der Waals surface area contributed by atoms with E-state index in [9.17, 15) is 14.9 Å². The number of methoxy groups -OCH3 is 1. The lowest BCUT2D eigenvalue weighted by atomic mass is 10.1. The van der Waals surface area contributed by atoms with Crippen molar-refractivity contribution >= 4 is 29.0 Å². The number of carbonyl (C=O) groups is 1. The van der Waals surface area contributed by atoms with Crippen LogP contribution in [0.5, 0.6) is 5.75 Å². The summed E-state index contributed by atoms with van der Waals surface area (Å²) < 4.78 is 5.17. The molecule has 0 spiro atoms. The first-order valence-corrected chi connectivity index (χ1v) is 9.46. The predicted octanol–water partition coefficient (Wildman–Crippen LogP) is 5.15. The molecule has 0 atom stereocenters. The van der Waals surface area contributed by atoms with Crippen LogP contribution in [0.25, 0.3) is 0 Å². The number of nitrogens with zero attached hydrogens (tertiary/aromatic N) is 1. The molecule has 0 aliphatic heterocycles. The van der Waals surface area contributed by atoms with Gasteiger partial charge in [0.1, 0.15) is 5.75 Å². The smallest absolute Gasteiger partial charge is 0.271 e. The molecule has 28 heavy (non-hydrogen) atoms. The maximum atomic E-state index is 12.5. The van der Waals surface area contributed by atoms with E-state index in [-0.39, 0.29) is 17.3 Å². The summed E-state index contributed by atoms with van der Waals surface area (Å²) in [6.45, 7) is 0. The summed E-state index contributed by atoms with van der Waals surface area (Å²) in [5.74, 6) is 0.792. The molecule has 0 heterocycles. The summed E-state index contributed by atoms with van der Waals surface area (Å²) in [5.41, 5.74) is 1.69. The van der Waals surface area contributed by atoms with Crippen LogP contribution in [0.4, 0.5) is 11.4 Å². The number of carbonyl (C=O) groups excluding carboxylic acids is 1. The Morgan fingerprint density at radius 3 is 2.43 bits per heavy atom. The first-order valence-electron chi connectivity index (χ1n) is 8.47. The second kappa shape index (κ2) is 9.05. The average Bonchev–Trinajstić information content (AvgIpc) is 2.73. The summed E-state index contributed by atoms with van der Waals surface area (Å²) in [5, 5.41) is 13.6. The lowest BCUT2D eigenvalue weighted by Gasteiger charge is -2.10. The second-order valence-corrected chi connectivity index (χ2v) is 6.94. The Hall–Kier alpha value is -3.32. The number of ether oxygens (including phenoxy) is 1. The van der Waals surface area contributed by atoms with Crippen LogP contribution in [-0.4, -0.2) is 17.9 Å². The van der Waals surface area contributed by atoms with E-state index in [1.165, 1.54) is 30.2 Å². The molecule has 0 unspecified atom stereocenters. The number of benzene rings is 3. The molecule has 3 rings (SSSR count). The van der Waals surface area contributed by atoms with Crippen molar-refractivity contribution in [2.75, 3.05) is 12.4 Å². The number of amides is 1. The van der Waals surface area contributed by atoms with Gasteiger partial charge in [0, 0.05) is 28.3 Å². The van der Waals surface area contributed by atoms with Crippen LogP contribution in [0.2, 0.25) is 0 Å². The van der Waals surface area contributed by atoms with E-state index in [2.05, 4.69) is 17.4 Å². The van der Waals surface area contributed by atoms with Crippen LogP contribution in [-0.2, 0) is 5.75 Å². The van der Waals surface area contributed by atoms with Crippen molar-refractivity contribution in [1.29, 1.82) is 0 Å². The minimum Gasteiger partial charge on any atom is -0.495 e. The van der Waals surface area contributed by atoms with Gasteiger partial charge in [0.15, 0.2) is 0 Å². The standard InChI is InChI=1S/C21H18N2O4S/c1-27-20-12-11-17(23(25)26)13-19(20)22-21(24)16-9-7-15(8-10-16)14-28-18-5-3-2-4-6-18/h2-13H,14H2,1H3,(H,22,24). The predicted molar refractivity (Wildman–Crippen MR) is 110 cm³/mol. The third kappa shape index (κ3) is 4.89. The van der Waals surface area contributed by atoms with Crippen molar-refractivity contribution in [2.24, 2.45) is 0 Å². The third-order valence-electron chi connectivity index (χ3n) is 4.01. The van der Waals surface area contributed by atoms with Gasteiger partial charge in [-0.25, -0.2) is 0 Å². The quantitative estimate of drug-likeness (QED) is 0.340. The highest BCUT2D eigenvalue weighted by molar-refractivity contribution is 7.98. The summed E-state index contributed by atoms with van der Waals surface area (Å²) in [6, 6.07) is 21.4. The number of thioether (sulfide) groups is 1. The van der Waals surface area contributed by atoms with Crippen LogP contribution in [0.3, 0.4) is 0 Å². The van der Waals surface area contributed by atoms with Gasteiger partial charge in [-0.2, -0.15) is 0 Å². The van der Waals surface area contributed by atoms with Crippen LogP contribution in [0.15, 0.2) is 77.7 Å². The van der Waals surface area contributed by atoms with E-state index in [0.717, 1.165) is 11.3 Å². The van der Waals surface area contributed by atoms with E-state index < -0.39 is 4.92 Å². The number of nitro groups is 1. The monoisotopic (exact) mass is 394 g/mol. The minimum atomic E-state index is -0.520. The molecule has 0 bridgehead atoms. The molecule has 0 aliphatic carbocycles. The van der Waals surface area contributed by atoms with Gasteiger partial charge in [0.25, 0.3) is 11.6 Å². The molecule has 1 N–H and O–H groups in total. The molecule has 3 aromatic rings. The van der Waals surface area contributed by atoms with Gasteiger partial charge in [-0.15, -0.1) is 11.8 Å². The van der Waals surface area contributed by atoms with Gasteiger partial charge in [-0.3, -0.25) is 14.9 Å². The molecule has 0 aliphatic rings. The van der Waals surface area contributed by atoms with Crippen molar-refractivity contribution in [3.63, 3.8) is 0 Å². The van der Waals surface area contributed by atoms with Gasteiger partial charge in [-0.1, -0.05) is 30.3 Å². The first kappa shape index (κ1) is 19.4. The largest absolute Gasteiger partial charge is 0.495 e. The molecule has 0 aromatic heterocycles. The Morgan fingerprint density at radius 1 is 1.07 bits per heavy atom. The molecule has 1 amide bonds. The number of nitro benzene ring substituents is 1. The number of rotatable bonds is 7. The lowest BCUT2D eigenvalue weighted by molar-refractivity contribution is -0.384. The summed E-state index contributed by atoms with van der Waals surface area (Å²) in [6.07, 6.45) is 0. The van der Waals surface area contributed by atoms with Gasteiger partial charge < -0.3 is 10.1 Å². The van der Waals surface area contributed by atoms with E-state index >= 15 is 0 Å². The van der Waals surface area contributed by atoms with Crippen molar-refractivity contribution < 1.29 is 14.5 Å².